The normalized spacial score (nSPS) is 11.4. The molecule has 0 radical (unpaired) electrons. The summed E-state index contributed by atoms with van der Waals surface area (Å²) in [7, 11) is -1.93. The molecule has 0 aliphatic rings. The summed E-state index contributed by atoms with van der Waals surface area (Å²) < 4.78 is 25.6. The molecule has 0 unspecified atom stereocenters. The Hall–Kier alpha value is -1.07. The predicted molar refractivity (Wildman–Crippen MR) is 66.2 cm³/mol. The quantitative estimate of drug-likeness (QED) is 0.850. The summed E-state index contributed by atoms with van der Waals surface area (Å²) in [6, 6.07) is 6.97. The van der Waals surface area contributed by atoms with Gasteiger partial charge in [-0.1, -0.05) is 6.07 Å². The van der Waals surface area contributed by atoms with Gasteiger partial charge in [-0.15, -0.1) is 0 Å². The second-order valence-corrected chi connectivity index (χ2v) is 5.26. The van der Waals surface area contributed by atoms with Gasteiger partial charge in [-0.05, 0) is 39.1 Å². The summed E-state index contributed by atoms with van der Waals surface area (Å²) in [6.45, 7) is 5.81. The van der Waals surface area contributed by atoms with Crippen molar-refractivity contribution in [2.45, 2.75) is 18.7 Å². The first-order chi connectivity index (χ1) is 7.55. The van der Waals surface area contributed by atoms with E-state index in [2.05, 4.69) is 9.62 Å². The van der Waals surface area contributed by atoms with Crippen molar-refractivity contribution >= 4 is 15.7 Å². The first-order valence-corrected chi connectivity index (χ1v) is 6.82. The molecule has 0 saturated carbocycles. The summed E-state index contributed by atoms with van der Waals surface area (Å²) in [5.41, 5.74) is 0.932. The van der Waals surface area contributed by atoms with E-state index in [1.165, 1.54) is 7.05 Å². The lowest BCUT2D eigenvalue weighted by molar-refractivity contribution is 0.588. The summed E-state index contributed by atoms with van der Waals surface area (Å²) in [4.78, 5) is 2.41. The third-order valence-corrected chi connectivity index (χ3v) is 3.94. The number of sulfonamides is 1. The van der Waals surface area contributed by atoms with Crippen molar-refractivity contribution in [2.24, 2.45) is 0 Å². The lowest BCUT2D eigenvalue weighted by Crippen LogP contribution is -2.23. The van der Waals surface area contributed by atoms with E-state index >= 15 is 0 Å². The van der Waals surface area contributed by atoms with Crippen LogP contribution in [0.5, 0.6) is 0 Å². The molecule has 0 fully saturated rings. The van der Waals surface area contributed by atoms with Gasteiger partial charge in [-0.2, -0.15) is 0 Å². The van der Waals surface area contributed by atoms with E-state index in [1.807, 2.05) is 19.9 Å². The highest BCUT2D eigenvalue weighted by Crippen LogP contribution is 2.18. The van der Waals surface area contributed by atoms with Gasteiger partial charge in [-0.3, -0.25) is 0 Å². The monoisotopic (exact) mass is 242 g/mol. The number of rotatable bonds is 5. The van der Waals surface area contributed by atoms with Crippen LogP contribution in [0.3, 0.4) is 0 Å². The smallest absolute Gasteiger partial charge is 0.240 e. The van der Waals surface area contributed by atoms with E-state index in [9.17, 15) is 8.42 Å². The van der Waals surface area contributed by atoms with E-state index < -0.39 is 10.0 Å². The average Bonchev–Trinajstić information content (AvgIpc) is 2.31. The molecular weight excluding hydrogens is 224 g/mol. The molecule has 0 bridgehead atoms. The average molecular weight is 242 g/mol. The van der Waals surface area contributed by atoms with Crippen molar-refractivity contribution in [3.63, 3.8) is 0 Å². The third-order valence-electron chi connectivity index (χ3n) is 2.53. The number of anilines is 1. The molecule has 5 heteroatoms. The van der Waals surface area contributed by atoms with Gasteiger partial charge in [-0.25, -0.2) is 13.1 Å². The van der Waals surface area contributed by atoms with Crippen LogP contribution in [0.2, 0.25) is 0 Å². The summed E-state index contributed by atoms with van der Waals surface area (Å²) in [5, 5.41) is 0. The van der Waals surface area contributed by atoms with Crippen LogP contribution in [0, 0.1) is 0 Å². The minimum Gasteiger partial charge on any atom is -0.372 e. The van der Waals surface area contributed by atoms with E-state index in [0.29, 0.717) is 4.90 Å². The Balaban J connectivity index is 3.14. The van der Waals surface area contributed by atoms with Crippen LogP contribution in [-0.4, -0.2) is 28.6 Å². The first kappa shape index (κ1) is 13.0. The maximum Gasteiger partial charge on any atom is 0.240 e. The highest BCUT2D eigenvalue weighted by Gasteiger charge is 2.12. The van der Waals surface area contributed by atoms with Crippen molar-refractivity contribution in [1.82, 2.24) is 4.72 Å². The van der Waals surface area contributed by atoms with Crippen molar-refractivity contribution in [2.75, 3.05) is 25.0 Å². The highest BCUT2D eigenvalue weighted by molar-refractivity contribution is 7.89. The number of benzene rings is 1. The van der Waals surface area contributed by atoms with Crippen LogP contribution in [0.25, 0.3) is 0 Å². The molecule has 0 aliphatic heterocycles. The van der Waals surface area contributed by atoms with Crippen LogP contribution < -0.4 is 9.62 Å². The molecule has 1 aromatic carbocycles. The molecular formula is C11H18N2O2S. The standard InChI is InChI=1S/C11H18N2O2S/c1-4-13(5-2)10-7-6-8-11(9-10)16(14,15)12-3/h6-9,12H,4-5H2,1-3H3. The van der Waals surface area contributed by atoms with Gasteiger partial charge in [0.05, 0.1) is 4.90 Å². The van der Waals surface area contributed by atoms with Crippen LogP contribution >= 0.6 is 0 Å². The number of hydrogen-bond donors (Lipinski definition) is 1. The Morgan fingerprint density at radius 2 is 1.88 bits per heavy atom. The van der Waals surface area contributed by atoms with Gasteiger partial charge in [0.25, 0.3) is 0 Å². The van der Waals surface area contributed by atoms with Crippen molar-refractivity contribution in [3.8, 4) is 0 Å². The first-order valence-electron chi connectivity index (χ1n) is 5.33. The Morgan fingerprint density at radius 1 is 1.25 bits per heavy atom. The molecule has 1 N–H and O–H groups in total. The van der Waals surface area contributed by atoms with E-state index in [4.69, 9.17) is 0 Å². The van der Waals surface area contributed by atoms with Crippen LogP contribution in [0.15, 0.2) is 29.2 Å². The molecule has 0 atom stereocenters. The van der Waals surface area contributed by atoms with Gasteiger partial charge in [0.15, 0.2) is 0 Å². The molecule has 0 aliphatic carbocycles. The van der Waals surface area contributed by atoms with Crippen molar-refractivity contribution < 1.29 is 8.42 Å². The molecule has 0 heterocycles. The Kier molecular flexibility index (Phi) is 4.32. The maximum atomic E-state index is 11.6. The van der Waals surface area contributed by atoms with Gasteiger partial charge in [0, 0.05) is 18.8 Å². The van der Waals surface area contributed by atoms with Crippen molar-refractivity contribution in [3.05, 3.63) is 24.3 Å². The Bertz CT molecular complexity index is 439. The summed E-state index contributed by atoms with van der Waals surface area (Å²) >= 11 is 0. The Morgan fingerprint density at radius 3 is 2.38 bits per heavy atom. The molecule has 90 valence electrons. The lowest BCUT2D eigenvalue weighted by Gasteiger charge is -2.21. The molecule has 4 nitrogen and oxygen atoms in total. The molecule has 0 saturated heterocycles. The Labute approximate surface area is 97.3 Å². The zero-order chi connectivity index (χ0) is 12.2. The molecule has 16 heavy (non-hydrogen) atoms. The van der Waals surface area contributed by atoms with Gasteiger partial charge < -0.3 is 4.90 Å². The fourth-order valence-electron chi connectivity index (χ4n) is 1.55. The zero-order valence-corrected chi connectivity index (χ0v) is 10.7. The van der Waals surface area contributed by atoms with Crippen molar-refractivity contribution in [1.29, 1.82) is 0 Å². The second-order valence-electron chi connectivity index (χ2n) is 3.38. The van der Waals surface area contributed by atoms with Crippen LogP contribution in [-0.2, 0) is 10.0 Å². The van der Waals surface area contributed by atoms with E-state index in [-0.39, 0.29) is 0 Å². The molecule has 1 aromatic rings. The number of hydrogen-bond acceptors (Lipinski definition) is 3. The molecule has 0 spiro atoms. The largest absolute Gasteiger partial charge is 0.372 e. The molecule has 0 amide bonds. The van der Waals surface area contributed by atoms with E-state index in [0.717, 1.165) is 18.8 Å². The lowest BCUT2D eigenvalue weighted by atomic mass is 10.3. The highest BCUT2D eigenvalue weighted by atomic mass is 32.2. The van der Waals surface area contributed by atoms with Gasteiger partial charge in [0.2, 0.25) is 10.0 Å². The maximum absolute atomic E-state index is 11.6. The fourth-order valence-corrected chi connectivity index (χ4v) is 2.32. The third kappa shape index (κ3) is 2.74. The van der Waals surface area contributed by atoms with Crippen LogP contribution in [0.4, 0.5) is 5.69 Å². The molecule has 0 aromatic heterocycles. The summed E-state index contributed by atoms with van der Waals surface area (Å²) in [6.07, 6.45) is 0. The topological polar surface area (TPSA) is 49.4 Å². The fraction of sp³-hybridized carbons (Fsp3) is 0.455. The van der Waals surface area contributed by atoms with Gasteiger partial charge in [0.1, 0.15) is 0 Å². The van der Waals surface area contributed by atoms with E-state index in [1.54, 1.807) is 18.2 Å². The second kappa shape index (κ2) is 5.32. The predicted octanol–water partition coefficient (Wildman–Crippen LogP) is 1.44. The zero-order valence-electron chi connectivity index (χ0n) is 9.90. The van der Waals surface area contributed by atoms with Gasteiger partial charge >= 0.3 is 0 Å². The number of nitrogens with zero attached hydrogens (tertiary/aromatic N) is 1. The summed E-state index contributed by atoms with van der Waals surface area (Å²) in [5.74, 6) is 0. The molecule has 1 rings (SSSR count). The minimum absolute atomic E-state index is 0.305. The SMILES string of the molecule is CCN(CC)c1cccc(S(=O)(=O)NC)c1. The minimum atomic E-state index is -3.35. The number of nitrogens with one attached hydrogen (secondary N) is 1. The van der Waals surface area contributed by atoms with Crippen LogP contribution in [0.1, 0.15) is 13.8 Å².